The Morgan fingerprint density at radius 1 is 1.41 bits per heavy atom. The van der Waals surface area contributed by atoms with Crippen molar-refractivity contribution in [2.75, 3.05) is 32.8 Å². The number of likely N-dealkylation sites (N-methyl/N-ethyl adjacent to an activating group) is 1. The molecule has 4 heteroatoms. The monoisotopic (exact) mass is 242 g/mol. The summed E-state index contributed by atoms with van der Waals surface area (Å²) in [7, 11) is 0. The van der Waals surface area contributed by atoms with Crippen LogP contribution in [-0.4, -0.2) is 49.7 Å². The van der Waals surface area contributed by atoms with Crippen molar-refractivity contribution in [1.82, 2.24) is 10.2 Å². The van der Waals surface area contributed by atoms with E-state index in [2.05, 4.69) is 12.2 Å². The van der Waals surface area contributed by atoms with Gasteiger partial charge in [0.25, 0.3) is 0 Å². The van der Waals surface area contributed by atoms with Gasteiger partial charge in [-0.2, -0.15) is 0 Å². The predicted molar refractivity (Wildman–Crippen MR) is 69.0 cm³/mol. The number of unbranched alkanes of at least 4 members (excludes halogenated alkanes) is 1. The molecule has 1 saturated heterocycles. The lowest BCUT2D eigenvalue weighted by atomic mass is 10.0. The first-order chi connectivity index (χ1) is 8.29. The van der Waals surface area contributed by atoms with Gasteiger partial charge in [-0.05, 0) is 25.8 Å². The van der Waals surface area contributed by atoms with E-state index < -0.39 is 0 Å². The Morgan fingerprint density at radius 3 is 2.94 bits per heavy atom. The molecular formula is C13H26N2O2. The van der Waals surface area contributed by atoms with E-state index in [-0.39, 0.29) is 11.9 Å². The number of hydrogen-bond acceptors (Lipinski definition) is 3. The first-order valence-corrected chi connectivity index (χ1v) is 6.89. The molecule has 0 aromatic heterocycles. The van der Waals surface area contributed by atoms with Crippen molar-refractivity contribution in [3.05, 3.63) is 0 Å². The zero-order valence-corrected chi connectivity index (χ0v) is 11.2. The van der Waals surface area contributed by atoms with Crippen LogP contribution in [0.2, 0.25) is 0 Å². The van der Waals surface area contributed by atoms with E-state index in [4.69, 9.17) is 4.74 Å². The topological polar surface area (TPSA) is 41.6 Å². The largest absolute Gasteiger partial charge is 0.380 e. The summed E-state index contributed by atoms with van der Waals surface area (Å²) in [5, 5.41) is 3.24. The van der Waals surface area contributed by atoms with Gasteiger partial charge >= 0.3 is 0 Å². The number of rotatable bonds is 8. The Bertz CT molecular complexity index is 219. The van der Waals surface area contributed by atoms with Crippen LogP contribution in [0.3, 0.4) is 0 Å². The van der Waals surface area contributed by atoms with Gasteiger partial charge in [-0.15, -0.1) is 0 Å². The molecule has 1 atom stereocenters. The molecule has 1 rings (SSSR count). The highest BCUT2D eigenvalue weighted by Crippen LogP contribution is 2.11. The molecule has 0 saturated carbocycles. The fourth-order valence-corrected chi connectivity index (χ4v) is 2.12. The Labute approximate surface area is 105 Å². The van der Waals surface area contributed by atoms with E-state index >= 15 is 0 Å². The van der Waals surface area contributed by atoms with Crippen LogP contribution in [0.5, 0.6) is 0 Å². The van der Waals surface area contributed by atoms with E-state index in [1.807, 2.05) is 11.8 Å². The van der Waals surface area contributed by atoms with Crippen molar-refractivity contribution >= 4 is 5.91 Å². The van der Waals surface area contributed by atoms with Crippen LogP contribution in [-0.2, 0) is 9.53 Å². The van der Waals surface area contributed by atoms with E-state index in [0.717, 1.165) is 51.9 Å². The average molecular weight is 242 g/mol. The maximum absolute atomic E-state index is 12.0. The van der Waals surface area contributed by atoms with E-state index in [1.54, 1.807) is 0 Å². The van der Waals surface area contributed by atoms with Crippen molar-refractivity contribution in [3.8, 4) is 0 Å². The summed E-state index contributed by atoms with van der Waals surface area (Å²) < 4.78 is 5.51. The molecule has 100 valence electrons. The third-order valence-corrected chi connectivity index (χ3v) is 3.13. The molecule has 17 heavy (non-hydrogen) atoms. The summed E-state index contributed by atoms with van der Waals surface area (Å²) >= 11 is 0. The number of likely N-dealkylation sites (tertiary alicyclic amines) is 1. The molecule has 0 radical (unpaired) electrons. The molecule has 1 heterocycles. The summed E-state index contributed by atoms with van der Waals surface area (Å²) in [5.74, 6) is 0.247. The minimum Gasteiger partial charge on any atom is -0.380 e. The maximum atomic E-state index is 12.0. The smallest absolute Gasteiger partial charge is 0.239 e. The minimum atomic E-state index is 0.0318. The second-order valence-electron chi connectivity index (χ2n) is 4.54. The number of piperidine rings is 1. The van der Waals surface area contributed by atoms with Gasteiger partial charge in [0.15, 0.2) is 0 Å². The van der Waals surface area contributed by atoms with Gasteiger partial charge in [-0.1, -0.05) is 20.3 Å². The minimum absolute atomic E-state index is 0.0318. The molecule has 0 aliphatic carbocycles. The first-order valence-electron chi connectivity index (χ1n) is 6.89. The van der Waals surface area contributed by atoms with Crippen molar-refractivity contribution < 1.29 is 9.53 Å². The number of amides is 1. The number of nitrogens with one attached hydrogen (secondary N) is 1. The highest BCUT2D eigenvalue weighted by atomic mass is 16.5. The number of nitrogens with zero attached hydrogens (tertiary/aromatic N) is 1. The summed E-state index contributed by atoms with van der Waals surface area (Å²) in [6.07, 6.45) is 4.33. The molecular weight excluding hydrogens is 216 g/mol. The molecule has 1 aliphatic rings. The van der Waals surface area contributed by atoms with Crippen LogP contribution >= 0.6 is 0 Å². The normalized spacial score (nSPS) is 20.9. The Kier molecular flexibility index (Phi) is 7.21. The third-order valence-electron chi connectivity index (χ3n) is 3.13. The molecule has 0 aromatic carbocycles. The van der Waals surface area contributed by atoms with Crippen LogP contribution in [0.25, 0.3) is 0 Å². The second-order valence-corrected chi connectivity index (χ2v) is 4.54. The van der Waals surface area contributed by atoms with Crippen molar-refractivity contribution in [1.29, 1.82) is 0 Å². The van der Waals surface area contributed by atoms with Crippen LogP contribution in [0, 0.1) is 0 Å². The Balaban J connectivity index is 2.20. The highest BCUT2D eigenvalue weighted by Gasteiger charge is 2.27. The summed E-state index contributed by atoms with van der Waals surface area (Å²) in [4.78, 5) is 14.0. The van der Waals surface area contributed by atoms with Gasteiger partial charge in [0.2, 0.25) is 5.91 Å². The molecule has 1 fully saturated rings. The van der Waals surface area contributed by atoms with Gasteiger partial charge in [0, 0.05) is 19.7 Å². The molecule has 1 amide bonds. The lowest BCUT2D eigenvalue weighted by Crippen LogP contribution is -2.51. The molecule has 0 bridgehead atoms. The molecule has 1 N–H and O–H groups in total. The fourth-order valence-electron chi connectivity index (χ4n) is 2.12. The van der Waals surface area contributed by atoms with Gasteiger partial charge in [-0.3, -0.25) is 4.79 Å². The van der Waals surface area contributed by atoms with E-state index in [0.29, 0.717) is 6.61 Å². The van der Waals surface area contributed by atoms with Gasteiger partial charge in [0.05, 0.1) is 12.6 Å². The number of hydrogen-bond donors (Lipinski definition) is 1. The lowest BCUT2D eigenvalue weighted by molar-refractivity contribution is -0.136. The predicted octanol–water partition coefficient (Wildman–Crippen LogP) is 1.40. The average Bonchev–Trinajstić information content (AvgIpc) is 2.33. The molecule has 0 aromatic rings. The zero-order chi connectivity index (χ0) is 12.5. The van der Waals surface area contributed by atoms with Crippen molar-refractivity contribution in [3.63, 3.8) is 0 Å². The first kappa shape index (κ1) is 14.5. The molecule has 1 unspecified atom stereocenters. The second kappa shape index (κ2) is 8.48. The third kappa shape index (κ3) is 5.04. The number of carbonyl (C=O) groups is 1. The maximum Gasteiger partial charge on any atom is 0.239 e. The number of carbonyl (C=O) groups excluding carboxylic acids is 1. The Morgan fingerprint density at radius 2 is 2.24 bits per heavy atom. The summed E-state index contributed by atoms with van der Waals surface area (Å²) in [6.45, 7) is 8.16. The fraction of sp³-hybridized carbons (Fsp3) is 0.923. The van der Waals surface area contributed by atoms with E-state index in [1.165, 1.54) is 0 Å². The van der Waals surface area contributed by atoms with Crippen LogP contribution < -0.4 is 5.32 Å². The highest BCUT2D eigenvalue weighted by molar-refractivity contribution is 5.82. The van der Waals surface area contributed by atoms with Crippen LogP contribution in [0.4, 0.5) is 0 Å². The number of ether oxygens (including phenoxy) is 1. The lowest BCUT2D eigenvalue weighted by Gasteiger charge is -2.32. The van der Waals surface area contributed by atoms with Gasteiger partial charge < -0.3 is 15.0 Å². The van der Waals surface area contributed by atoms with Crippen molar-refractivity contribution in [2.45, 2.75) is 45.6 Å². The molecule has 4 nitrogen and oxygen atoms in total. The van der Waals surface area contributed by atoms with Crippen LogP contribution in [0.1, 0.15) is 39.5 Å². The molecule has 0 spiro atoms. The van der Waals surface area contributed by atoms with Gasteiger partial charge in [-0.25, -0.2) is 0 Å². The molecule has 1 aliphatic heterocycles. The standard InChI is InChI=1S/C13H26N2O2/c1-3-5-10-17-11-9-15-8-6-7-12(13(15)16)14-4-2/h12,14H,3-11H2,1-2H3. The summed E-state index contributed by atoms with van der Waals surface area (Å²) in [5.41, 5.74) is 0. The van der Waals surface area contributed by atoms with Crippen molar-refractivity contribution in [2.24, 2.45) is 0 Å². The summed E-state index contributed by atoms with van der Waals surface area (Å²) in [6, 6.07) is 0.0318. The van der Waals surface area contributed by atoms with Gasteiger partial charge in [0.1, 0.15) is 0 Å². The van der Waals surface area contributed by atoms with E-state index in [9.17, 15) is 4.79 Å². The van der Waals surface area contributed by atoms with Crippen LogP contribution in [0.15, 0.2) is 0 Å². The Hall–Kier alpha value is -0.610. The SMILES string of the molecule is CCCCOCCN1CCCC(NCC)C1=O. The zero-order valence-electron chi connectivity index (χ0n) is 11.2. The quantitative estimate of drug-likeness (QED) is 0.654.